The molecule has 0 aromatic carbocycles. The van der Waals surface area contributed by atoms with Gasteiger partial charge in [0, 0.05) is 18.1 Å². The molecule has 17 heavy (non-hydrogen) atoms. The van der Waals surface area contributed by atoms with Gasteiger partial charge >= 0.3 is 0 Å². The molecule has 0 aliphatic heterocycles. The van der Waals surface area contributed by atoms with Gasteiger partial charge in [0.15, 0.2) is 0 Å². The van der Waals surface area contributed by atoms with Crippen LogP contribution in [0, 0.1) is 0 Å². The molecule has 5 heteroatoms. The fraction of sp³-hybridized carbons (Fsp3) is 0.667. The molecule has 1 unspecified atom stereocenters. The summed E-state index contributed by atoms with van der Waals surface area (Å²) in [5.41, 5.74) is 2.40. The highest BCUT2D eigenvalue weighted by molar-refractivity contribution is 7.11. The molecule has 2 N–H and O–H groups in total. The second-order valence-electron chi connectivity index (χ2n) is 5.17. The summed E-state index contributed by atoms with van der Waals surface area (Å²) in [6.07, 6.45) is 0.565. The first-order chi connectivity index (χ1) is 7.86. The molecule has 0 radical (unpaired) electrons. The standard InChI is InChI=1S/C12H20N2O2S/c1-8(5-6-15)14-11(16)9-10(12(2,3)4)13-7-17-9/h7-8,15H,5-6H2,1-4H3,(H,14,16). The number of hydrogen-bond acceptors (Lipinski definition) is 4. The zero-order valence-corrected chi connectivity index (χ0v) is 11.6. The number of aliphatic hydroxyl groups is 1. The third-order valence-electron chi connectivity index (χ3n) is 2.42. The van der Waals surface area contributed by atoms with Crippen molar-refractivity contribution in [3.05, 3.63) is 16.1 Å². The van der Waals surface area contributed by atoms with Crippen LogP contribution in [-0.4, -0.2) is 28.6 Å². The smallest absolute Gasteiger partial charge is 0.263 e. The SMILES string of the molecule is CC(CCO)NC(=O)c1scnc1C(C)(C)C. The first-order valence-corrected chi connectivity index (χ1v) is 6.60. The lowest BCUT2D eigenvalue weighted by molar-refractivity contribution is 0.0936. The summed E-state index contributed by atoms with van der Waals surface area (Å²) in [6.45, 7) is 8.07. The minimum absolute atomic E-state index is 0.0255. The Hall–Kier alpha value is -0.940. The fourth-order valence-electron chi connectivity index (χ4n) is 1.50. The summed E-state index contributed by atoms with van der Waals surface area (Å²) in [4.78, 5) is 17.0. The molecule has 1 amide bonds. The van der Waals surface area contributed by atoms with E-state index >= 15 is 0 Å². The van der Waals surface area contributed by atoms with Crippen LogP contribution in [0.2, 0.25) is 0 Å². The van der Waals surface area contributed by atoms with E-state index in [2.05, 4.69) is 10.3 Å². The lowest BCUT2D eigenvalue weighted by Crippen LogP contribution is -2.34. The van der Waals surface area contributed by atoms with Crippen LogP contribution >= 0.6 is 11.3 Å². The molecule has 1 heterocycles. The number of thiazole rings is 1. The molecule has 1 aromatic heterocycles. The van der Waals surface area contributed by atoms with Crippen molar-refractivity contribution in [1.82, 2.24) is 10.3 Å². The Kier molecular flexibility index (Phi) is 4.65. The van der Waals surface area contributed by atoms with E-state index in [-0.39, 0.29) is 24.0 Å². The predicted octanol–water partition coefficient (Wildman–Crippen LogP) is 1.94. The van der Waals surface area contributed by atoms with Crippen molar-refractivity contribution in [2.45, 2.75) is 45.6 Å². The Morgan fingerprint density at radius 1 is 1.59 bits per heavy atom. The van der Waals surface area contributed by atoms with Crippen LogP contribution in [0.25, 0.3) is 0 Å². The summed E-state index contributed by atoms with van der Waals surface area (Å²) >= 11 is 1.36. The van der Waals surface area contributed by atoms with E-state index in [9.17, 15) is 4.79 Å². The van der Waals surface area contributed by atoms with Gasteiger partial charge in [0.2, 0.25) is 0 Å². The third kappa shape index (κ3) is 3.78. The first-order valence-electron chi connectivity index (χ1n) is 5.72. The number of nitrogens with one attached hydrogen (secondary N) is 1. The summed E-state index contributed by atoms with van der Waals surface area (Å²) < 4.78 is 0. The molecule has 0 bridgehead atoms. The van der Waals surface area contributed by atoms with E-state index in [1.165, 1.54) is 11.3 Å². The van der Waals surface area contributed by atoms with Gasteiger partial charge in [-0.2, -0.15) is 0 Å². The van der Waals surface area contributed by atoms with E-state index in [0.717, 1.165) is 5.69 Å². The number of carbonyl (C=O) groups is 1. The molecule has 0 aliphatic carbocycles. The average molecular weight is 256 g/mol. The Morgan fingerprint density at radius 2 is 2.24 bits per heavy atom. The van der Waals surface area contributed by atoms with Crippen LogP contribution in [0.1, 0.15) is 49.5 Å². The van der Waals surface area contributed by atoms with E-state index in [1.807, 2.05) is 27.7 Å². The molecule has 1 aromatic rings. The number of aliphatic hydroxyl groups excluding tert-OH is 1. The average Bonchev–Trinajstić information content (AvgIpc) is 2.65. The van der Waals surface area contributed by atoms with Crippen LogP contribution in [-0.2, 0) is 5.41 Å². The maximum atomic E-state index is 12.0. The normalized spacial score (nSPS) is 13.5. The van der Waals surface area contributed by atoms with Crippen molar-refractivity contribution >= 4 is 17.2 Å². The Morgan fingerprint density at radius 3 is 2.76 bits per heavy atom. The molecule has 96 valence electrons. The highest BCUT2D eigenvalue weighted by atomic mass is 32.1. The largest absolute Gasteiger partial charge is 0.396 e. The summed E-state index contributed by atoms with van der Waals surface area (Å²) in [5.74, 6) is -0.0987. The van der Waals surface area contributed by atoms with E-state index in [0.29, 0.717) is 11.3 Å². The van der Waals surface area contributed by atoms with E-state index in [1.54, 1.807) is 5.51 Å². The van der Waals surface area contributed by atoms with Gasteiger partial charge < -0.3 is 10.4 Å². The Bertz CT molecular complexity index is 382. The molecule has 0 saturated heterocycles. The van der Waals surface area contributed by atoms with Crippen molar-refractivity contribution in [1.29, 1.82) is 0 Å². The lowest BCUT2D eigenvalue weighted by Gasteiger charge is -2.18. The summed E-state index contributed by atoms with van der Waals surface area (Å²) in [7, 11) is 0. The quantitative estimate of drug-likeness (QED) is 0.865. The zero-order valence-electron chi connectivity index (χ0n) is 10.8. The van der Waals surface area contributed by atoms with Crippen LogP contribution in [0.5, 0.6) is 0 Å². The summed E-state index contributed by atoms with van der Waals surface area (Å²) in [6, 6.07) is -0.0255. The van der Waals surface area contributed by atoms with Gasteiger partial charge in [-0.25, -0.2) is 4.98 Å². The number of nitrogens with zero attached hydrogens (tertiary/aromatic N) is 1. The third-order valence-corrected chi connectivity index (χ3v) is 3.25. The van der Waals surface area contributed by atoms with Crippen LogP contribution in [0.4, 0.5) is 0 Å². The number of hydrogen-bond donors (Lipinski definition) is 2. The topological polar surface area (TPSA) is 62.2 Å². The lowest BCUT2D eigenvalue weighted by atomic mass is 9.91. The van der Waals surface area contributed by atoms with E-state index in [4.69, 9.17) is 5.11 Å². The Balaban J connectivity index is 2.80. The number of rotatable bonds is 4. The highest BCUT2D eigenvalue weighted by Gasteiger charge is 2.25. The van der Waals surface area contributed by atoms with Crippen LogP contribution in [0.3, 0.4) is 0 Å². The Labute approximate surface area is 106 Å². The molecule has 1 atom stereocenters. The van der Waals surface area contributed by atoms with Gasteiger partial charge in [0.05, 0.1) is 11.2 Å². The summed E-state index contributed by atoms with van der Waals surface area (Å²) in [5, 5.41) is 11.7. The molecular formula is C12H20N2O2S. The van der Waals surface area contributed by atoms with Gasteiger partial charge in [-0.3, -0.25) is 4.79 Å². The molecule has 0 fully saturated rings. The second-order valence-corrected chi connectivity index (χ2v) is 6.02. The maximum Gasteiger partial charge on any atom is 0.263 e. The number of aromatic nitrogens is 1. The van der Waals surface area contributed by atoms with Crippen molar-refractivity contribution in [3.63, 3.8) is 0 Å². The van der Waals surface area contributed by atoms with Gasteiger partial charge in [0.1, 0.15) is 4.88 Å². The molecule has 1 rings (SSSR count). The van der Waals surface area contributed by atoms with Gasteiger partial charge in [-0.05, 0) is 13.3 Å². The highest BCUT2D eigenvalue weighted by Crippen LogP contribution is 2.27. The maximum absolute atomic E-state index is 12.0. The molecular weight excluding hydrogens is 236 g/mol. The van der Waals surface area contributed by atoms with Crippen LogP contribution in [0.15, 0.2) is 5.51 Å². The first kappa shape index (κ1) is 14.1. The van der Waals surface area contributed by atoms with E-state index < -0.39 is 0 Å². The molecule has 0 saturated carbocycles. The van der Waals surface area contributed by atoms with Crippen molar-refractivity contribution < 1.29 is 9.90 Å². The monoisotopic (exact) mass is 256 g/mol. The second kappa shape index (κ2) is 5.60. The van der Waals surface area contributed by atoms with Crippen molar-refractivity contribution in [3.8, 4) is 0 Å². The number of amides is 1. The number of carbonyl (C=O) groups excluding carboxylic acids is 1. The van der Waals surface area contributed by atoms with Crippen molar-refractivity contribution in [2.75, 3.05) is 6.61 Å². The van der Waals surface area contributed by atoms with Gasteiger partial charge in [-0.15, -0.1) is 11.3 Å². The van der Waals surface area contributed by atoms with Crippen LogP contribution < -0.4 is 5.32 Å². The van der Waals surface area contributed by atoms with Gasteiger partial charge in [-0.1, -0.05) is 20.8 Å². The fourth-order valence-corrected chi connectivity index (χ4v) is 2.40. The molecule has 4 nitrogen and oxygen atoms in total. The molecule has 0 spiro atoms. The van der Waals surface area contributed by atoms with Gasteiger partial charge in [0.25, 0.3) is 5.91 Å². The predicted molar refractivity (Wildman–Crippen MR) is 69.4 cm³/mol. The van der Waals surface area contributed by atoms with Crippen molar-refractivity contribution in [2.24, 2.45) is 0 Å². The minimum Gasteiger partial charge on any atom is -0.396 e. The molecule has 0 aliphatic rings. The zero-order chi connectivity index (χ0) is 13.1. The minimum atomic E-state index is -0.132.